The van der Waals surface area contributed by atoms with Gasteiger partial charge in [0.15, 0.2) is 17.2 Å². The second-order valence-electron chi connectivity index (χ2n) is 5.82. The molecule has 0 fully saturated rings. The van der Waals surface area contributed by atoms with E-state index in [9.17, 15) is 9.90 Å². The highest BCUT2D eigenvalue weighted by atomic mass is 16.5. The Morgan fingerprint density at radius 3 is 2.07 bits per heavy atom. The topological polar surface area (TPSA) is 101 Å². The molecule has 0 aliphatic rings. The van der Waals surface area contributed by atoms with Gasteiger partial charge in [-0.2, -0.15) is 0 Å². The summed E-state index contributed by atoms with van der Waals surface area (Å²) in [6.07, 6.45) is 1.02. The number of carboxylic acid groups (broad SMARTS) is 1. The summed E-state index contributed by atoms with van der Waals surface area (Å²) in [6, 6.07) is 20.2. The SMILES string of the molecule is O=C(O)c1cc(OCc2ccccc2)c(OCc2ccccc2)c(/C=N\O)n1. The lowest BCUT2D eigenvalue weighted by Crippen LogP contribution is -2.09. The molecule has 0 unspecified atom stereocenters. The minimum atomic E-state index is -1.23. The third-order valence-electron chi connectivity index (χ3n) is 3.83. The molecule has 0 aliphatic carbocycles. The summed E-state index contributed by atoms with van der Waals surface area (Å²) in [5.41, 5.74) is 1.62. The summed E-state index contributed by atoms with van der Waals surface area (Å²) < 4.78 is 11.7. The van der Waals surface area contributed by atoms with Crippen molar-refractivity contribution in [1.29, 1.82) is 0 Å². The zero-order chi connectivity index (χ0) is 19.8. The number of ether oxygens (including phenoxy) is 2. The van der Waals surface area contributed by atoms with Gasteiger partial charge in [0.05, 0.1) is 6.21 Å². The van der Waals surface area contributed by atoms with Gasteiger partial charge in [-0.1, -0.05) is 65.8 Å². The van der Waals surface area contributed by atoms with Gasteiger partial charge in [0, 0.05) is 6.07 Å². The van der Waals surface area contributed by atoms with Gasteiger partial charge in [0.25, 0.3) is 0 Å². The molecule has 142 valence electrons. The third kappa shape index (κ3) is 4.85. The highest BCUT2D eigenvalue weighted by Gasteiger charge is 2.18. The number of hydrogen-bond donors (Lipinski definition) is 2. The first-order chi connectivity index (χ1) is 13.7. The molecule has 0 atom stereocenters. The zero-order valence-corrected chi connectivity index (χ0v) is 14.9. The molecule has 2 N–H and O–H groups in total. The van der Waals surface area contributed by atoms with Crippen molar-refractivity contribution in [2.24, 2.45) is 5.16 Å². The van der Waals surface area contributed by atoms with E-state index in [0.29, 0.717) is 0 Å². The summed E-state index contributed by atoms with van der Waals surface area (Å²) in [4.78, 5) is 15.4. The lowest BCUT2D eigenvalue weighted by Gasteiger charge is -2.15. The van der Waals surface area contributed by atoms with Crippen LogP contribution in [0.3, 0.4) is 0 Å². The molecule has 7 nitrogen and oxygen atoms in total. The molecule has 0 bridgehead atoms. The molecule has 0 radical (unpaired) electrons. The fourth-order valence-corrected chi connectivity index (χ4v) is 2.50. The molecule has 0 saturated heterocycles. The smallest absolute Gasteiger partial charge is 0.354 e. The van der Waals surface area contributed by atoms with Crippen LogP contribution in [0.25, 0.3) is 0 Å². The van der Waals surface area contributed by atoms with Crippen LogP contribution in [-0.4, -0.2) is 27.5 Å². The lowest BCUT2D eigenvalue weighted by atomic mass is 10.2. The largest absolute Gasteiger partial charge is 0.485 e. The van der Waals surface area contributed by atoms with E-state index in [1.54, 1.807) is 0 Å². The van der Waals surface area contributed by atoms with Crippen LogP contribution in [-0.2, 0) is 13.2 Å². The van der Waals surface area contributed by atoms with E-state index < -0.39 is 5.97 Å². The monoisotopic (exact) mass is 378 g/mol. The zero-order valence-electron chi connectivity index (χ0n) is 14.9. The Kier molecular flexibility index (Phi) is 6.20. The van der Waals surface area contributed by atoms with Crippen molar-refractivity contribution in [3.05, 3.63) is 89.2 Å². The summed E-state index contributed by atoms with van der Waals surface area (Å²) in [6.45, 7) is 0.421. The van der Waals surface area contributed by atoms with Gasteiger partial charge < -0.3 is 19.8 Å². The highest BCUT2D eigenvalue weighted by molar-refractivity contribution is 5.90. The van der Waals surface area contributed by atoms with Crippen molar-refractivity contribution in [3.8, 4) is 11.5 Å². The molecule has 0 aliphatic heterocycles. The Hall–Kier alpha value is -3.87. The molecule has 0 saturated carbocycles. The molecular formula is C21H18N2O5. The number of aromatic carboxylic acids is 1. The van der Waals surface area contributed by atoms with Gasteiger partial charge in [-0.05, 0) is 11.1 Å². The average molecular weight is 378 g/mol. The number of rotatable bonds is 8. The Balaban J connectivity index is 1.93. The highest BCUT2D eigenvalue weighted by Crippen LogP contribution is 2.32. The number of nitrogens with zero attached hydrogens (tertiary/aromatic N) is 2. The van der Waals surface area contributed by atoms with Crippen LogP contribution in [0.5, 0.6) is 11.5 Å². The molecular weight excluding hydrogens is 360 g/mol. The van der Waals surface area contributed by atoms with E-state index in [-0.39, 0.29) is 36.1 Å². The minimum Gasteiger partial charge on any atom is -0.485 e. The molecule has 3 aromatic rings. The predicted molar refractivity (Wildman–Crippen MR) is 102 cm³/mol. The molecule has 28 heavy (non-hydrogen) atoms. The van der Waals surface area contributed by atoms with Crippen LogP contribution in [0.4, 0.5) is 0 Å². The van der Waals surface area contributed by atoms with Crippen molar-refractivity contribution >= 4 is 12.2 Å². The van der Waals surface area contributed by atoms with Gasteiger partial charge in [-0.3, -0.25) is 0 Å². The van der Waals surface area contributed by atoms with Crippen LogP contribution < -0.4 is 9.47 Å². The fraction of sp³-hybridized carbons (Fsp3) is 0.0952. The van der Waals surface area contributed by atoms with E-state index in [2.05, 4.69) is 10.1 Å². The second-order valence-corrected chi connectivity index (χ2v) is 5.82. The van der Waals surface area contributed by atoms with Crippen LogP contribution in [0, 0.1) is 0 Å². The maximum absolute atomic E-state index is 11.4. The maximum Gasteiger partial charge on any atom is 0.354 e. The van der Waals surface area contributed by atoms with E-state index in [0.717, 1.165) is 17.3 Å². The predicted octanol–water partition coefficient (Wildman–Crippen LogP) is 3.75. The van der Waals surface area contributed by atoms with E-state index >= 15 is 0 Å². The summed E-state index contributed by atoms with van der Waals surface area (Å²) in [5, 5.41) is 21.2. The number of carboxylic acids is 1. The van der Waals surface area contributed by atoms with Gasteiger partial charge in [-0.25, -0.2) is 9.78 Å². The van der Waals surface area contributed by atoms with Crippen LogP contribution in [0.1, 0.15) is 27.3 Å². The van der Waals surface area contributed by atoms with Crippen molar-refractivity contribution < 1.29 is 24.6 Å². The summed E-state index contributed by atoms with van der Waals surface area (Å²) in [7, 11) is 0. The van der Waals surface area contributed by atoms with Gasteiger partial charge in [0.1, 0.15) is 18.9 Å². The number of pyridine rings is 1. The first-order valence-corrected chi connectivity index (χ1v) is 8.46. The molecule has 2 aromatic carbocycles. The van der Waals surface area contributed by atoms with Gasteiger partial charge in [0.2, 0.25) is 0 Å². The number of carbonyl (C=O) groups is 1. The van der Waals surface area contributed by atoms with E-state index in [1.807, 2.05) is 60.7 Å². The lowest BCUT2D eigenvalue weighted by molar-refractivity contribution is 0.0689. The van der Waals surface area contributed by atoms with Crippen molar-refractivity contribution in [2.75, 3.05) is 0 Å². The first kappa shape index (κ1) is 18.9. The number of hydrogen-bond acceptors (Lipinski definition) is 6. The molecule has 3 rings (SSSR count). The van der Waals surface area contributed by atoms with Crippen LogP contribution in [0.2, 0.25) is 0 Å². The molecule has 1 heterocycles. The Morgan fingerprint density at radius 1 is 0.964 bits per heavy atom. The minimum absolute atomic E-state index is 0.0568. The van der Waals surface area contributed by atoms with E-state index in [1.165, 1.54) is 6.07 Å². The standard InChI is InChI=1S/C21H18N2O5/c24-21(25)17-11-19(27-13-15-7-3-1-4-8-15)20(18(23-17)12-22-26)28-14-16-9-5-2-6-10-16/h1-12,26H,13-14H2,(H,24,25)/b22-12-. The van der Waals surface area contributed by atoms with Gasteiger partial charge in [-0.15, -0.1) is 0 Å². The first-order valence-electron chi connectivity index (χ1n) is 8.46. The fourth-order valence-electron chi connectivity index (χ4n) is 2.50. The van der Waals surface area contributed by atoms with Crippen LogP contribution in [0.15, 0.2) is 71.9 Å². The molecule has 0 spiro atoms. The Bertz CT molecular complexity index is 959. The summed E-state index contributed by atoms with van der Waals surface area (Å²) in [5.74, 6) is -0.837. The van der Waals surface area contributed by atoms with Crippen molar-refractivity contribution in [2.45, 2.75) is 13.2 Å². The van der Waals surface area contributed by atoms with Crippen molar-refractivity contribution in [3.63, 3.8) is 0 Å². The van der Waals surface area contributed by atoms with Crippen LogP contribution >= 0.6 is 0 Å². The maximum atomic E-state index is 11.4. The van der Waals surface area contributed by atoms with Crippen molar-refractivity contribution in [1.82, 2.24) is 4.98 Å². The number of benzene rings is 2. The normalized spacial score (nSPS) is 10.7. The molecule has 7 heteroatoms. The average Bonchev–Trinajstić information content (AvgIpc) is 2.73. The molecule has 1 aromatic heterocycles. The molecule has 0 amide bonds. The Labute approximate surface area is 161 Å². The van der Waals surface area contributed by atoms with E-state index in [4.69, 9.17) is 14.7 Å². The number of aromatic nitrogens is 1. The van der Waals surface area contributed by atoms with Gasteiger partial charge >= 0.3 is 5.97 Å². The summed E-state index contributed by atoms with van der Waals surface area (Å²) >= 11 is 0. The Morgan fingerprint density at radius 2 is 1.54 bits per heavy atom. The quantitative estimate of drug-likeness (QED) is 0.352. The third-order valence-corrected chi connectivity index (χ3v) is 3.83. The second kappa shape index (κ2) is 9.18. The number of oxime groups is 1.